The minimum Gasteiger partial charge on any atom is -0.353 e. The summed E-state index contributed by atoms with van der Waals surface area (Å²) in [5.74, 6) is -0.525. The summed E-state index contributed by atoms with van der Waals surface area (Å²) in [4.78, 5) is 24.3. The summed E-state index contributed by atoms with van der Waals surface area (Å²) >= 11 is 0. The fourth-order valence-corrected chi connectivity index (χ4v) is 3.21. The van der Waals surface area contributed by atoms with E-state index in [1.807, 2.05) is 24.3 Å². The van der Waals surface area contributed by atoms with E-state index < -0.39 is 0 Å². The quantitative estimate of drug-likeness (QED) is 0.770. The molecule has 1 fully saturated rings. The molecule has 1 atom stereocenters. The molecule has 1 unspecified atom stereocenters. The molecule has 2 amide bonds. The van der Waals surface area contributed by atoms with Crippen molar-refractivity contribution >= 4 is 17.5 Å². The Kier molecular flexibility index (Phi) is 3.92. The Labute approximate surface area is 124 Å². The highest BCUT2D eigenvalue weighted by Gasteiger charge is 2.32. The molecule has 0 saturated heterocycles. The van der Waals surface area contributed by atoms with Crippen LogP contribution in [0.5, 0.6) is 0 Å². The molecular formula is C16H21N3O2. The lowest BCUT2D eigenvalue weighted by atomic mass is 9.88. The highest BCUT2D eigenvalue weighted by atomic mass is 16.2. The first kappa shape index (κ1) is 14.1. The monoisotopic (exact) mass is 287 g/mol. The number of carbonyl (C=O) groups is 2. The number of nitrogens with two attached hydrogens (primary N) is 1. The predicted molar refractivity (Wildman–Crippen MR) is 80.8 cm³/mol. The van der Waals surface area contributed by atoms with E-state index in [-0.39, 0.29) is 36.2 Å². The van der Waals surface area contributed by atoms with Crippen LogP contribution < -0.4 is 16.4 Å². The molecule has 3 rings (SSSR count). The van der Waals surface area contributed by atoms with E-state index in [0.29, 0.717) is 0 Å². The Morgan fingerprint density at radius 1 is 1.19 bits per heavy atom. The molecule has 1 aromatic rings. The van der Waals surface area contributed by atoms with Crippen molar-refractivity contribution in [3.63, 3.8) is 0 Å². The zero-order valence-electron chi connectivity index (χ0n) is 12.0. The molecule has 0 spiro atoms. The summed E-state index contributed by atoms with van der Waals surface area (Å²) in [6.45, 7) is 0. The SMILES string of the molecule is NC1CCC(NC(=O)C2CC(=O)Nc3ccccc32)CC1. The molecule has 1 aliphatic heterocycles. The summed E-state index contributed by atoms with van der Waals surface area (Å²) in [7, 11) is 0. The number of benzene rings is 1. The zero-order valence-corrected chi connectivity index (χ0v) is 12.0. The average molecular weight is 287 g/mol. The van der Waals surface area contributed by atoms with Gasteiger partial charge >= 0.3 is 0 Å². The van der Waals surface area contributed by atoms with Crippen LogP contribution in [0.3, 0.4) is 0 Å². The van der Waals surface area contributed by atoms with Gasteiger partial charge in [-0.3, -0.25) is 9.59 Å². The summed E-state index contributed by atoms with van der Waals surface area (Å²) in [5, 5.41) is 5.91. The molecule has 5 heteroatoms. The maximum Gasteiger partial charge on any atom is 0.228 e. The lowest BCUT2D eigenvalue weighted by Crippen LogP contribution is -2.43. The Morgan fingerprint density at radius 2 is 1.90 bits per heavy atom. The third kappa shape index (κ3) is 3.08. The molecule has 1 aromatic carbocycles. The Balaban J connectivity index is 1.71. The first-order valence-electron chi connectivity index (χ1n) is 7.58. The second-order valence-corrected chi connectivity index (χ2v) is 6.01. The standard InChI is InChI=1S/C16H21N3O2/c17-10-5-7-11(8-6-10)18-16(21)13-9-15(20)19-14-4-2-1-3-12(13)14/h1-4,10-11,13H,5-9,17H2,(H,18,21)(H,19,20). The second kappa shape index (κ2) is 5.85. The number of carbonyl (C=O) groups excluding carboxylic acids is 2. The normalized spacial score (nSPS) is 28.4. The van der Waals surface area contributed by atoms with Gasteiger partial charge in [0.25, 0.3) is 0 Å². The molecule has 0 bridgehead atoms. The molecule has 5 nitrogen and oxygen atoms in total. The molecule has 0 aromatic heterocycles. The topological polar surface area (TPSA) is 84.2 Å². The third-order valence-corrected chi connectivity index (χ3v) is 4.43. The van der Waals surface area contributed by atoms with Crippen LogP contribution in [-0.4, -0.2) is 23.9 Å². The first-order valence-corrected chi connectivity index (χ1v) is 7.58. The van der Waals surface area contributed by atoms with E-state index >= 15 is 0 Å². The van der Waals surface area contributed by atoms with Crippen molar-refractivity contribution in [1.82, 2.24) is 5.32 Å². The van der Waals surface area contributed by atoms with Crippen molar-refractivity contribution in [3.05, 3.63) is 29.8 Å². The molecule has 1 aliphatic carbocycles. The van der Waals surface area contributed by atoms with Gasteiger partial charge in [0.1, 0.15) is 0 Å². The van der Waals surface area contributed by atoms with Gasteiger partial charge in [-0.2, -0.15) is 0 Å². The van der Waals surface area contributed by atoms with Gasteiger partial charge in [0.15, 0.2) is 0 Å². The Bertz CT molecular complexity index is 550. The minimum absolute atomic E-state index is 0.0437. The lowest BCUT2D eigenvalue weighted by molar-refractivity contribution is -0.127. The van der Waals surface area contributed by atoms with Gasteiger partial charge in [-0.25, -0.2) is 0 Å². The second-order valence-electron chi connectivity index (χ2n) is 6.01. The van der Waals surface area contributed by atoms with E-state index in [1.165, 1.54) is 0 Å². The number of hydrogen-bond donors (Lipinski definition) is 3. The van der Waals surface area contributed by atoms with Crippen molar-refractivity contribution in [2.45, 2.75) is 50.1 Å². The van der Waals surface area contributed by atoms with Crippen LogP contribution in [-0.2, 0) is 9.59 Å². The van der Waals surface area contributed by atoms with E-state index in [9.17, 15) is 9.59 Å². The van der Waals surface area contributed by atoms with Gasteiger partial charge in [-0.1, -0.05) is 18.2 Å². The summed E-state index contributed by atoms with van der Waals surface area (Å²) < 4.78 is 0. The van der Waals surface area contributed by atoms with E-state index in [0.717, 1.165) is 36.9 Å². The van der Waals surface area contributed by atoms with Crippen molar-refractivity contribution in [1.29, 1.82) is 0 Å². The van der Waals surface area contributed by atoms with Crippen LogP contribution in [0.15, 0.2) is 24.3 Å². The van der Waals surface area contributed by atoms with Gasteiger partial charge in [0, 0.05) is 24.2 Å². The van der Waals surface area contributed by atoms with Crippen molar-refractivity contribution in [2.75, 3.05) is 5.32 Å². The molecule has 0 radical (unpaired) electrons. The Morgan fingerprint density at radius 3 is 2.67 bits per heavy atom. The molecule has 112 valence electrons. The number of nitrogens with one attached hydrogen (secondary N) is 2. The van der Waals surface area contributed by atoms with Crippen LogP contribution in [0.1, 0.15) is 43.6 Å². The van der Waals surface area contributed by atoms with Crippen molar-refractivity contribution in [3.8, 4) is 0 Å². The number of fused-ring (bicyclic) bond motifs is 1. The van der Waals surface area contributed by atoms with Gasteiger partial charge < -0.3 is 16.4 Å². The molecule has 4 N–H and O–H groups in total. The van der Waals surface area contributed by atoms with Gasteiger partial charge in [0.05, 0.1) is 5.92 Å². The van der Waals surface area contributed by atoms with Gasteiger partial charge in [-0.05, 0) is 37.3 Å². The number of hydrogen-bond acceptors (Lipinski definition) is 3. The van der Waals surface area contributed by atoms with Crippen LogP contribution in [0, 0.1) is 0 Å². The molecule has 1 heterocycles. The minimum atomic E-state index is -0.384. The maximum absolute atomic E-state index is 12.5. The summed E-state index contributed by atoms with van der Waals surface area (Å²) in [6.07, 6.45) is 3.97. The molecule has 21 heavy (non-hydrogen) atoms. The van der Waals surface area contributed by atoms with Gasteiger partial charge in [-0.15, -0.1) is 0 Å². The number of amides is 2. The highest BCUT2D eigenvalue weighted by Crippen LogP contribution is 2.32. The number of para-hydroxylation sites is 1. The number of anilines is 1. The van der Waals surface area contributed by atoms with Crippen LogP contribution in [0.2, 0.25) is 0 Å². The Hall–Kier alpha value is -1.88. The van der Waals surface area contributed by atoms with E-state index in [2.05, 4.69) is 10.6 Å². The zero-order chi connectivity index (χ0) is 14.8. The van der Waals surface area contributed by atoms with Crippen molar-refractivity contribution < 1.29 is 9.59 Å². The van der Waals surface area contributed by atoms with Crippen LogP contribution in [0.4, 0.5) is 5.69 Å². The molecule has 2 aliphatic rings. The summed E-state index contributed by atoms with van der Waals surface area (Å²) in [6, 6.07) is 7.97. The van der Waals surface area contributed by atoms with E-state index in [1.54, 1.807) is 0 Å². The lowest BCUT2D eigenvalue weighted by Gasteiger charge is -2.30. The average Bonchev–Trinajstić information content (AvgIpc) is 2.48. The van der Waals surface area contributed by atoms with E-state index in [4.69, 9.17) is 5.73 Å². The molecular weight excluding hydrogens is 266 g/mol. The third-order valence-electron chi connectivity index (χ3n) is 4.43. The van der Waals surface area contributed by atoms with Gasteiger partial charge in [0.2, 0.25) is 11.8 Å². The summed E-state index contributed by atoms with van der Waals surface area (Å²) in [5.41, 5.74) is 7.54. The maximum atomic E-state index is 12.5. The smallest absolute Gasteiger partial charge is 0.228 e. The molecule has 1 saturated carbocycles. The largest absolute Gasteiger partial charge is 0.353 e. The fourth-order valence-electron chi connectivity index (χ4n) is 3.21. The predicted octanol–water partition coefficient (Wildman–Crippen LogP) is 1.50. The highest BCUT2D eigenvalue weighted by molar-refractivity contribution is 6.01. The first-order chi connectivity index (χ1) is 10.1. The van der Waals surface area contributed by atoms with Crippen molar-refractivity contribution in [2.24, 2.45) is 5.73 Å². The fraction of sp³-hybridized carbons (Fsp3) is 0.500. The van der Waals surface area contributed by atoms with Crippen LogP contribution in [0.25, 0.3) is 0 Å². The number of rotatable bonds is 2. The van der Waals surface area contributed by atoms with Crippen LogP contribution >= 0.6 is 0 Å².